The first kappa shape index (κ1) is 20.9. The Bertz CT molecular complexity index is 1110. The molecule has 2 amide bonds. The van der Waals surface area contributed by atoms with E-state index in [1.165, 1.54) is 16.7 Å². The van der Waals surface area contributed by atoms with Crippen LogP contribution in [0.2, 0.25) is 5.02 Å². The van der Waals surface area contributed by atoms with E-state index < -0.39 is 0 Å². The van der Waals surface area contributed by atoms with Gasteiger partial charge < -0.3 is 4.90 Å². The summed E-state index contributed by atoms with van der Waals surface area (Å²) >= 11 is 6.33. The van der Waals surface area contributed by atoms with E-state index in [4.69, 9.17) is 16.6 Å². The predicted molar refractivity (Wildman–Crippen MR) is 126 cm³/mol. The Morgan fingerprint density at radius 3 is 2.59 bits per heavy atom. The number of amides is 2. The van der Waals surface area contributed by atoms with Crippen molar-refractivity contribution in [3.63, 3.8) is 0 Å². The number of hydrogen-bond donors (Lipinski definition) is 0. The molecule has 6 nitrogen and oxygen atoms in total. The number of urea groups is 1. The summed E-state index contributed by atoms with van der Waals surface area (Å²) in [6.07, 6.45) is 7.23. The first-order valence-electron chi connectivity index (χ1n) is 11.0. The number of rotatable bonds is 2. The number of carbonyl (C=O) groups excluding carboxylic acids is 1. The minimum absolute atomic E-state index is 0.00391. The molecule has 1 unspecified atom stereocenters. The van der Waals surface area contributed by atoms with E-state index in [1.54, 1.807) is 24.3 Å². The zero-order valence-corrected chi connectivity index (χ0v) is 18.9. The summed E-state index contributed by atoms with van der Waals surface area (Å²) in [6.45, 7) is 2.92. The summed E-state index contributed by atoms with van der Waals surface area (Å²) in [5.41, 5.74) is 5.78. The molecule has 3 aromatic rings. The van der Waals surface area contributed by atoms with Gasteiger partial charge in [0.15, 0.2) is 0 Å². The molecular weight excluding hydrogens is 422 g/mol. The number of nitrogens with zero attached hydrogens (tertiary/aromatic N) is 5. The van der Waals surface area contributed by atoms with Crippen LogP contribution in [0, 0.1) is 0 Å². The van der Waals surface area contributed by atoms with Gasteiger partial charge in [-0.2, -0.15) is 0 Å². The van der Waals surface area contributed by atoms with Crippen LogP contribution in [0.5, 0.6) is 0 Å². The molecule has 2 aliphatic rings. The summed E-state index contributed by atoms with van der Waals surface area (Å²) in [5, 5.41) is 0.773. The van der Waals surface area contributed by atoms with Crippen LogP contribution in [0.4, 0.5) is 10.5 Å². The Kier molecular flexibility index (Phi) is 5.81. The average Bonchev–Trinajstić information content (AvgIpc) is 3.00. The van der Waals surface area contributed by atoms with Gasteiger partial charge in [-0.1, -0.05) is 23.7 Å². The van der Waals surface area contributed by atoms with E-state index >= 15 is 0 Å². The number of piperazine rings is 1. The molecule has 0 saturated carbocycles. The predicted octanol–water partition coefficient (Wildman–Crippen LogP) is 4.19. The molecule has 0 N–H and O–H groups in total. The maximum atomic E-state index is 13.0. The Morgan fingerprint density at radius 2 is 1.81 bits per heavy atom. The molecule has 1 aliphatic carbocycles. The smallest absolute Gasteiger partial charge is 0.322 e. The fourth-order valence-corrected chi connectivity index (χ4v) is 4.99. The van der Waals surface area contributed by atoms with Crippen LogP contribution < -0.4 is 4.90 Å². The van der Waals surface area contributed by atoms with Gasteiger partial charge in [0.1, 0.15) is 0 Å². The van der Waals surface area contributed by atoms with Gasteiger partial charge in [0, 0.05) is 50.6 Å². The zero-order valence-electron chi connectivity index (χ0n) is 18.1. The fraction of sp³-hybridized carbons (Fsp3) is 0.320. The number of fused-ring (bicyclic) bond motifs is 2. The molecule has 32 heavy (non-hydrogen) atoms. The van der Waals surface area contributed by atoms with Gasteiger partial charge in [-0.05, 0) is 59.9 Å². The van der Waals surface area contributed by atoms with Crippen molar-refractivity contribution in [3.8, 4) is 0 Å². The molecule has 0 spiro atoms. The molecule has 2 aromatic heterocycles. The van der Waals surface area contributed by atoms with Crippen LogP contribution >= 0.6 is 11.6 Å². The lowest BCUT2D eigenvalue weighted by Gasteiger charge is -2.40. The zero-order chi connectivity index (χ0) is 22.1. The Hall–Kier alpha value is -2.96. The molecule has 164 valence electrons. The second-order valence-electron chi connectivity index (χ2n) is 8.37. The van der Waals surface area contributed by atoms with Crippen molar-refractivity contribution >= 4 is 23.3 Å². The second kappa shape index (κ2) is 8.88. The van der Waals surface area contributed by atoms with Gasteiger partial charge in [-0.15, -0.1) is 0 Å². The average molecular weight is 448 g/mol. The van der Waals surface area contributed by atoms with Crippen molar-refractivity contribution in [2.24, 2.45) is 0 Å². The molecule has 1 aromatic carbocycles. The van der Waals surface area contributed by atoms with Gasteiger partial charge in [0.2, 0.25) is 0 Å². The van der Waals surface area contributed by atoms with Crippen molar-refractivity contribution in [2.75, 3.05) is 38.1 Å². The van der Waals surface area contributed by atoms with Crippen molar-refractivity contribution in [1.82, 2.24) is 19.8 Å². The maximum absolute atomic E-state index is 13.0. The molecule has 1 fully saturated rings. The molecule has 0 radical (unpaired) electrons. The van der Waals surface area contributed by atoms with Crippen LogP contribution in [0.1, 0.15) is 28.4 Å². The minimum Gasteiger partial charge on any atom is -0.322 e. The Morgan fingerprint density at radius 1 is 1.03 bits per heavy atom. The highest BCUT2D eigenvalue weighted by Crippen LogP contribution is 2.37. The lowest BCUT2D eigenvalue weighted by atomic mass is 9.96. The highest BCUT2D eigenvalue weighted by atomic mass is 35.5. The van der Waals surface area contributed by atoms with E-state index in [2.05, 4.69) is 28.1 Å². The van der Waals surface area contributed by atoms with Crippen LogP contribution in [-0.2, 0) is 12.8 Å². The van der Waals surface area contributed by atoms with Crippen LogP contribution in [0.3, 0.4) is 0 Å². The summed E-state index contributed by atoms with van der Waals surface area (Å²) < 4.78 is 0. The van der Waals surface area contributed by atoms with Crippen molar-refractivity contribution in [2.45, 2.75) is 18.9 Å². The highest BCUT2D eigenvalue weighted by Gasteiger charge is 2.33. The standard InChI is InChI=1S/C25H26ClN5O/c1-29(21-5-3-10-27-17-21)25(32)31-14-12-30(13-15-31)24-22-9-8-20(26)16-19(22)7-6-18-4-2-11-28-23(18)24/h2-5,8-11,16-17,24H,6-7,12-15H2,1H3. The third-order valence-electron chi connectivity index (χ3n) is 6.52. The van der Waals surface area contributed by atoms with Gasteiger partial charge in [-0.25, -0.2) is 4.79 Å². The molecule has 3 heterocycles. The number of carbonyl (C=O) groups is 1. The monoisotopic (exact) mass is 447 g/mol. The normalized spacial score (nSPS) is 18.4. The molecule has 0 bridgehead atoms. The summed E-state index contributed by atoms with van der Waals surface area (Å²) in [6, 6.07) is 14.3. The second-order valence-corrected chi connectivity index (χ2v) is 8.81. The maximum Gasteiger partial charge on any atom is 0.324 e. The van der Waals surface area contributed by atoms with E-state index in [0.29, 0.717) is 13.1 Å². The SMILES string of the molecule is CN(C(=O)N1CCN(C2c3ccc(Cl)cc3CCc3cccnc32)CC1)c1cccnc1. The minimum atomic E-state index is 0.00391. The molecule has 1 aliphatic heterocycles. The van der Waals surface area contributed by atoms with E-state index in [1.807, 2.05) is 35.4 Å². The largest absolute Gasteiger partial charge is 0.324 e. The first-order valence-corrected chi connectivity index (χ1v) is 11.4. The van der Waals surface area contributed by atoms with Crippen molar-refractivity contribution in [3.05, 3.63) is 88.5 Å². The van der Waals surface area contributed by atoms with E-state index in [-0.39, 0.29) is 12.1 Å². The van der Waals surface area contributed by atoms with Crippen LogP contribution in [0.15, 0.2) is 61.1 Å². The van der Waals surface area contributed by atoms with Gasteiger partial charge in [0.05, 0.1) is 23.6 Å². The molecule has 7 heteroatoms. The van der Waals surface area contributed by atoms with Gasteiger partial charge in [0.25, 0.3) is 0 Å². The molecule has 1 saturated heterocycles. The molecule has 1 atom stereocenters. The number of benzene rings is 1. The third-order valence-corrected chi connectivity index (χ3v) is 6.75. The third kappa shape index (κ3) is 3.96. The summed E-state index contributed by atoms with van der Waals surface area (Å²) in [7, 11) is 1.80. The molecule has 5 rings (SSSR count). The summed E-state index contributed by atoms with van der Waals surface area (Å²) in [5.74, 6) is 0. The molecular formula is C25H26ClN5O. The highest BCUT2D eigenvalue weighted by molar-refractivity contribution is 6.30. The van der Waals surface area contributed by atoms with Gasteiger partial charge in [-0.3, -0.25) is 19.8 Å². The lowest BCUT2D eigenvalue weighted by molar-refractivity contribution is 0.122. The number of anilines is 1. The topological polar surface area (TPSA) is 52.6 Å². The Balaban J connectivity index is 1.38. The quantitative estimate of drug-likeness (QED) is 0.591. The number of aryl methyl sites for hydroxylation is 2. The number of aromatic nitrogens is 2. The first-order chi connectivity index (χ1) is 15.6. The van der Waals surface area contributed by atoms with E-state index in [0.717, 1.165) is 42.3 Å². The Labute approximate surface area is 193 Å². The number of halogens is 1. The van der Waals surface area contributed by atoms with E-state index in [9.17, 15) is 4.79 Å². The van der Waals surface area contributed by atoms with Crippen molar-refractivity contribution < 1.29 is 4.79 Å². The fourth-order valence-electron chi connectivity index (χ4n) is 4.80. The number of hydrogen-bond acceptors (Lipinski definition) is 4. The van der Waals surface area contributed by atoms with Gasteiger partial charge >= 0.3 is 6.03 Å². The van der Waals surface area contributed by atoms with Crippen molar-refractivity contribution in [1.29, 1.82) is 0 Å². The van der Waals surface area contributed by atoms with Crippen LogP contribution in [0.25, 0.3) is 0 Å². The number of pyridine rings is 2. The van der Waals surface area contributed by atoms with Crippen LogP contribution in [-0.4, -0.2) is 59.0 Å². The summed E-state index contributed by atoms with van der Waals surface area (Å²) in [4.78, 5) is 28.0. The lowest BCUT2D eigenvalue weighted by Crippen LogP contribution is -2.53.